The molecule has 0 aliphatic rings. The van der Waals surface area contributed by atoms with Crippen molar-refractivity contribution < 1.29 is 4.42 Å². The number of nitrogen functional groups attached to an aromatic ring is 1. The van der Waals surface area contributed by atoms with Crippen molar-refractivity contribution in [2.75, 3.05) is 5.73 Å². The summed E-state index contributed by atoms with van der Waals surface area (Å²) in [7, 11) is 0. The minimum atomic E-state index is 0.157. The molecule has 4 heteroatoms. The largest absolute Gasteiger partial charge is 0.433 e. The summed E-state index contributed by atoms with van der Waals surface area (Å²) in [4.78, 5) is 0. The van der Waals surface area contributed by atoms with Crippen LogP contribution in [0.3, 0.4) is 0 Å². The van der Waals surface area contributed by atoms with E-state index < -0.39 is 0 Å². The summed E-state index contributed by atoms with van der Waals surface area (Å²) >= 11 is 3.03. The van der Waals surface area contributed by atoms with Gasteiger partial charge in [-0.05, 0) is 15.9 Å². The molecule has 0 saturated heterocycles. The number of hydrogen-bond donors (Lipinski definition) is 1. The van der Waals surface area contributed by atoms with E-state index in [0.717, 1.165) is 0 Å². The van der Waals surface area contributed by atoms with Crippen LogP contribution >= 0.6 is 15.9 Å². The average Bonchev–Trinajstić information content (AvgIpc) is 2.10. The number of furan rings is 1. The van der Waals surface area contributed by atoms with Gasteiger partial charge >= 0.3 is 0 Å². The molecule has 0 atom stereocenters. The summed E-state index contributed by atoms with van der Waals surface area (Å²) < 4.78 is 5.26. The average molecular weight is 187 g/mol. The van der Waals surface area contributed by atoms with Crippen LogP contribution in [0.2, 0.25) is 0 Å². The molecule has 0 spiro atoms. The van der Waals surface area contributed by atoms with Crippen LogP contribution in [0.15, 0.2) is 15.2 Å². The third kappa shape index (κ3) is 1.06. The SMILES string of the molecule is N#Cc1cc(Br)oc1N. The Morgan fingerprint density at radius 2 is 2.44 bits per heavy atom. The molecule has 1 aromatic rings. The van der Waals surface area contributed by atoms with E-state index in [2.05, 4.69) is 15.9 Å². The van der Waals surface area contributed by atoms with E-state index in [0.29, 0.717) is 10.2 Å². The molecule has 0 aliphatic carbocycles. The molecule has 46 valence electrons. The molecule has 2 N–H and O–H groups in total. The second-order valence-electron chi connectivity index (χ2n) is 1.44. The van der Waals surface area contributed by atoms with Crippen LogP contribution in [0.1, 0.15) is 5.56 Å². The molecule has 0 saturated carbocycles. The topological polar surface area (TPSA) is 63.0 Å². The van der Waals surface area contributed by atoms with E-state index >= 15 is 0 Å². The molecule has 0 fully saturated rings. The fourth-order valence-corrected chi connectivity index (χ4v) is 0.865. The normalized spacial score (nSPS) is 8.89. The monoisotopic (exact) mass is 186 g/mol. The Morgan fingerprint density at radius 1 is 1.78 bits per heavy atom. The smallest absolute Gasteiger partial charge is 0.209 e. The number of nitrogens with two attached hydrogens (primary N) is 1. The first kappa shape index (κ1) is 6.17. The van der Waals surface area contributed by atoms with Crippen molar-refractivity contribution >= 4 is 21.8 Å². The summed E-state index contributed by atoms with van der Waals surface area (Å²) in [6.07, 6.45) is 0. The number of rotatable bonds is 0. The summed E-state index contributed by atoms with van der Waals surface area (Å²) in [5.74, 6) is 0.157. The quantitative estimate of drug-likeness (QED) is 0.669. The Morgan fingerprint density at radius 3 is 2.67 bits per heavy atom. The standard InChI is InChI=1S/C5H3BrN2O/c6-4-1-3(2-7)5(8)9-4/h1H,8H2. The lowest BCUT2D eigenvalue weighted by Crippen LogP contribution is -1.81. The van der Waals surface area contributed by atoms with E-state index in [9.17, 15) is 0 Å². The Hall–Kier alpha value is -0.950. The Kier molecular flexibility index (Phi) is 1.45. The van der Waals surface area contributed by atoms with Crippen molar-refractivity contribution in [1.29, 1.82) is 5.26 Å². The second-order valence-corrected chi connectivity index (χ2v) is 2.22. The second kappa shape index (κ2) is 2.11. The van der Waals surface area contributed by atoms with Crippen LogP contribution in [-0.4, -0.2) is 0 Å². The van der Waals surface area contributed by atoms with Gasteiger partial charge in [0, 0.05) is 6.07 Å². The predicted molar refractivity (Wildman–Crippen MR) is 35.5 cm³/mol. The first-order chi connectivity index (χ1) is 4.24. The maximum Gasteiger partial charge on any atom is 0.209 e. The lowest BCUT2D eigenvalue weighted by molar-refractivity contribution is 0.560. The number of halogens is 1. The first-order valence-corrected chi connectivity index (χ1v) is 2.98. The zero-order chi connectivity index (χ0) is 6.85. The first-order valence-electron chi connectivity index (χ1n) is 2.19. The van der Waals surface area contributed by atoms with Gasteiger partial charge in [0.05, 0.1) is 0 Å². The summed E-state index contributed by atoms with van der Waals surface area (Å²) in [5, 5.41) is 8.32. The number of nitriles is 1. The molecular formula is C5H3BrN2O. The molecule has 1 aromatic heterocycles. The Bertz CT molecular complexity index is 260. The van der Waals surface area contributed by atoms with Crippen molar-refractivity contribution in [2.24, 2.45) is 0 Å². The van der Waals surface area contributed by atoms with Crippen molar-refractivity contribution in [1.82, 2.24) is 0 Å². The van der Waals surface area contributed by atoms with Gasteiger partial charge in [-0.1, -0.05) is 0 Å². The zero-order valence-corrected chi connectivity index (χ0v) is 5.97. The van der Waals surface area contributed by atoms with Crippen LogP contribution in [0.5, 0.6) is 0 Å². The highest BCUT2D eigenvalue weighted by Crippen LogP contribution is 2.20. The van der Waals surface area contributed by atoms with Gasteiger partial charge in [-0.2, -0.15) is 5.26 Å². The number of anilines is 1. The predicted octanol–water partition coefficient (Wildman–Crippen LogP) is 1.50. The van der Waals surface area contributed by atoms with Gasteiger partial charge < -0.3 is 10.2 Å². The van der Waals surface area contributed by atoms with Gasteiger partial charge in [-0.25, -0.2) is 0 Å². The van der Waals surface area contributed by atoms with E-state index in [1.165, 1.54) is 6.07 Å². The van der Waals surface area contributed by atoms with Crippen molar-refractivity contribution in [3.63, 3.8) is 0 Å². The molecule has 0 unspecified atom stereocenters. The molecule has 0 radical (unpaired) electrons. The van der Waals surface area contributed by atoms with Gasteiger partial charge in [0.2, 0.25) is 5.88 Å². The van der Waals surface area contributed by atoms with E-state index in [1.54, 1.807) is 0 Å². The lowest BCUT2D eigenvalue weighted by atomic mass is 10.4. The molecule has 0 bridgehead atoms. The van der Waals surface area contributed by atoms with E-state index in [4.69, 9.17) is 15.4 Å². The third-order valence-corrected chi connectivity index (χ3v) is 1.24. The Balaban J connectivity index is 3.20. The van der Waals surface area contributed by atoms with Gasteiger partial charge in [0.1, 0.15) is 11.6 Å². The molecule has 9 heavy (non-hydrogen) atoms. The van der Waals surface area contributed by atoms with Crippen LogP contribution in [-0.2, 0) is 0 Å². The zero-order valence-electron chi connectivity index (χ0n) is 4.39. The van der Waals surface area contributed by atoms with Crippen molar-refractivity contribution in [3.8, 4) is 6.07 Å². The molecule has 1 heterocycles. The molecular weight excluding hydrogens is 184 g/mol. The van der Waals surface area contributed by atoms with Crippen molar-refractivity contribution in [3.05, 3.63) is 16.3 Å². The number of hydrogen-bond acceptors (Lipinski definition) is 3. The molecule has 0 aromatic carbocycles. The summed E-state index contributed by atoms with van der Waals surface area (Å²) in [6.45, 7) is 0. The fraction of sp³-hybridized carbons (Fsp3) is 0. The van der Waals surface area contributed by atoms with E-state index in [-0.39, 0.29) is 5.88 Å². The highest BCUT2D eigenvalue weighted by molar-refractivity contribution is 9.10. The Labute approximate surface area is 60.2 Å². The third-order valence-electron chi connectivity index (χ3n) is 0.851. The van der Waals surface area contributed by atoms with Crippen LogP contribution in [0.25, 0.3) is 0 Å². The van der Waals surface area contributed by atoms with Gasteiger partial charge in [0.25, 0.3) is 0 Å². The minimum Gasteiger partial charge on any atom is -0.433 e. The minimum absolute atomic E-state index is 0.157. The fourth-order valence-electron chi connectivity index (χ4n) is 0.461. The lowest BCUT2D eigenvalue weighted by Gasteiger charge is -1.78. The molecule has 3 nitrogen and oxygen atoms in total. The highest BCUT2D eigenvalue weighted by atomic mass is 79.9. The molecule has 0 aliphatic heterocycles. The van der Waals surface area contributed by atoms with Crippen LogP contribution in [0, 0.1) is 11.3 Å². The maximum absolute atomic E-state index is 8.32. The maximum atomic E-state index is 8.32. The van der Waals surface area contributed by atoms with Gasteiger partial charge in [-0.3, -0.25) is 0 Å². The summed E-state index contributed by atoms with van der Waals surface area (Å²) in [5.41, 5.74) is 5.60. The highest BCUT2D eigenvalue weighted by Gasteiger charge is 2.02. The van der Waals surface area contributed by atoms with Gasteiger partial charge in [-0.15, -0.1) is 0 Å². The molecule has 0 amide bonds. The van der Waals surface area contributed by atoms with Gasteiger partial charge in [0.15, 0.2) is 4.67 Å². The van der Waals surface area contributed by atoms with Crippen LogP contribution < -0.4 is 5.73 Å². The van der Waals surface area contributed by atoms with E-state index in [1.807, 2.05) is 6.07 Å². The van der Waals surface area contributed by atoms with Crippen LogP contribution in [0.4, 0.5) is 5.88 Å². The number of nitrogens with zero attached hydrogens (tertiary/aromatic N) is 1. The van der Waals surface area contributed by atoms with Crippen molar-refractivity contribution in [2.45, 2.75) is 0 Å². The molecule has 1 rings (SSSR count). The summed E-state index contributed by atoms with van der Waals surface area (Å²) in [6, 6.07) is 3.39.